The number of halogens is 3. The van der Waals surface area contributed by atoms with Crippen LogP contribution in [0.15, 0.2) is 87.5 Å². The molecule has 41 heavy (non-hydrogen) atoms. The van der Waals surface area contributed by atoms with E-state index in [2.05, 4.69) is 0 Å². The molecule has 1 unspecified atom stereocenters. The first-order valence-electron chi connectivity index (χ1n) is 13.1. The van der Waals surface area contributed by atoms with Gasteiger partial charge in [-0.25, -0.2) is 3.63 Å². The standard InChI is InChI=1S/C29H35F3N2O5S2/c1-33(2)22-11-15-25(16-12-22)41(39-40(35,36)21-29(30,31)32,26-17-13-23(14-18-26)34(3)4)27-9-7-8-24(20-27)38-28-10-5-6-19-37-28/h7-9,11-18,20,28H,5-6,10,19,21H2,1-4H3. The smallest absolute Gasteiger partial charge is 0.405 e. The molecule has 1 saturated heterocycles. The van der Waals surface area contributed by atoms with E-state index in [1.165, 1.54) is 0 Å². The highest BCUT2D eigenvalue weighted by Gasteiger charge is 2.43. The van der Waals surface area contributed by atoms with Crippen molar-refractivity contribution < 1.29 is 34.7 Å². The Bertz CT molecular complexity index is 1360. The van der Waals surface area contributed by atoms with Crippen molar-refractivity contribution in [3.05, 3.63) is 72.8 Å². The van der Waals surface area contributed by atoms with Crippen molar-refractivity contribution in [3.63, 3.8) is 0 Å². The number of hydrogen-bond donors (Lipinski definition) is 0. The van der Waals surface area contributed by atoms with Crippen LogP contribution < -0.4 is 14.5 Å². The molecule has 1 aliphatic heterocycles. The molecule has 1 fully saturated rings. The number of anilines is 2. The zero-order valence-electron chi connectivity index (χ0n) is 23.4. The number of benzene rings is 3. The van der Waals surface area contributed by atoms with Crippen LogP contribution in [0.3, 0.4) is 0 Å². The van der Waals surface area contributed by atoms with Crippen molar-refractivity contribution in [2.45, 2.75) is 46.4 Å². The second kappa shape index (κ2) is 12.5. The summed E-state index contributed by atoms with van der Waals surface area (Å²) in [6.45, 7) is 0.564. The third kappa shape index (κ3) is 7.68. The van der Waals surface area contributed by atoms with Crippen LogP contribution in [0.5, 0.6) is 5.75 Å². The van der Waals surface area contributed by atoms with E-state index in [4.69, 9.17) is 13.1 Å². The molecule has 4 rings (SSSR count). The molecule has 224 valence electrons. The topological polar surface area (TPSA) is 68.3 Å². The summed E-state index contributed by atoms with van der Waals surface area (Å²) in [6.07, 6.45) is -2.90. The second-order valence-corrected chi connectivity index (χ2v) is 14.6. The highest BCUT2D eigenvalue weighted by Crippen LogP contribution is 2.70. The lowest BCUT2D eigenvalue weighted by Crippen LogP contribution is -2.26. The Hall–Kier alpha value is -2.93. The van der Waals surface area contributed by atoms with Gasteiger partial charge in [-0.2, -0.15) is 21.6 Å². The predicted molar refractivity (Wildman–Crippen MR) is 156 cm³/mol. The minimum absolute atomic E-state index is 0.367. The summed E-state index contributed by atoms with van der Waals surface area (Å²) in [5, 5.41) is 0. The van der Waals surface area contributed by atoms with E-state index in [1.54, 1.807) is 72.8 Å². The van der Waals surface area contributed by atoms with Gasteiger partial charge in [0.25, 0.3) is 10.1 Å². The van der Waals surface area contributed by atoms with E-state index in [0.717, 1.165) is 24.2 Å². The summed E-state index contributed by atoms with van der Waals surface area (Å²) in [7, 11) is -0.947. The molecule has 0 aliphatic carbocycles. The molecule has 1 atom stereocenters. The Morgan fingerprint density at radius 3 is 1.85 bits per heavy atom. The van der Waals surface area contributed by atoms with Crippen LogP contribution in [0.4, 0.5) is 24.5 Å². The van der Waals surface area contributed by atoms with Crippen molar-refractivity contribution >= 4 is 31.8 Å². The molecule has 0 N–H and O–H groups in total. The van der Waals surface area contributed by atoms with Crippen LogP contribution in [-0.4, -0.2) is 61.4 Å². The molecule has 1 heterocycles. The summed E-state index contributed by atoms with van der Waals surface area (Å²) in [6, 6.07) is 20.6. The monoisotopic (exact) mass is 612 g/mol. The van der Waals surface area contributed by atoms with Crippen LogP contribution in [0, 0.1) is 0 Å². The molecule has 12 heteroatoms. The van der Waals surface area contributed by atoms with Crippen molar-refractivity contribution in [2.24, 2.45) is 0 Å². The minimum Gasteiger partial charge on any atom is -0.465 e. The molecule has 0 saturated carbocycles. The molecule has 3 aromatic rings. The van der Waals surface area contributed by atoms with E-state index < -0.39 is 38.6 Å². The van der Waals surface area contributed by atoms with Gasteiger partial charge in [-0.1, -0.05) is 6.07 Å². The van der Waals surface area contributed by atoms with Crippen molar-refractivity contribution in [1.29, 1.82) is 0 Å². The summed E-state index contributed by atoms with van der Waals surface area (Å²) in [4.78, 5) is 4.93. The SMILES string of the molecule is CN(C)c1ccc(S(OS(=O)(=O)CC(F)(F)F)(c2ccc(N(C)C)cc2)c2cccc(OC3CCCCO3)c2)cc1. The van der Waals surface area contributed by atoms with Crippen LogP contribution in [0.2, 0.25) is 0 Å². The van der Waals surface area contributed by atoms with E-state index in [-0.39, 0.29) is 0 Å². The molecule has 3 aromatic carbocycles. The number of ether oxygens (including phenoxy) is 2. The third-order valence-electron chi connectivity index (χ3n) is 6.46. The van der Waals surface area contributed by atoms with Crippen LogP contribution in [0.1, 0.15) is 19.3 Å². The molecular formula is C29H35F3N2O5S2. The van der Waals surface area contributed by atoms with E-state index in [9.17, 15) is 21.6 Å². The fourth-order valence-corrected chi connectivity index (χ4v) is 9.65. The van der Waals surface area contributed by atoms with Crippen molar-refractivity contribution in [2.75, 3.05) is 50.4 Å². The van der Waals surface area contributed by atoms with Gasteiger partial charge in [0.1, 0.15) is 5.75 Å². The van der Waals surface area contributed by atoms with E-state index >= 15 is 0 Å². The second-order valence-electron chi connectivity index (χ2n) is 10.1. The first kappa shape index (κ1) is 31.0. The molecular weight excluding hydrogens is 577 g/mol. The van der Waals surface area contributed by atoms with Crippen LogP contribution in [-0.2, 0) is 18.5 Å². The summed E-state index contributed by atoms with van der Waals surface area (Å²) >= 11 is 0. The lowest BCUT2D eigenvalue weighted by atomic mass is 10.2. The quantitative estimate of drug-likeness (QED) is 0.249. The number of alkyl halides is 3. The molecule has 0 spiro atoms. The maximum atomic E-state index is 13.4. The lowest BCUT2D eigenvalue weighted by Gasteiger charge is -2.40. The van der Waals surface area contributed by atoms with Gasteiger partial charge in [0.2, 0.25) is 0 Å². The zero-order chi connectivity index (χ0) is 29.8. The highest BCUT2D eigenvalue weighted by molar-refractivity contribution is 8.33. The highest BCUT2D eigenvalue weighted by atomic mass is 32.3. The van der Waals surface area contributed by atoms with Gasteiger partial charge in [-0.05, 0) is 89.9 Å². The number of rotatable bonds is 10. The van der Waals surface area contributed by atoms with Crippen LogP contribution in [0.25, 0.3) is 0 Å². The van der Waals surface area contributed by atoms with Gasteiger partial charge < -0.3 is 19.3 Å². The third-order valence-corrected chi connectivity index (χ3v) is 11.6. The minimum atomic E-state index is -5.11. The average Bonchev–Trinajstić information content (AvgIpc) is 2.91. The number of hydrogen-bond acceptors (Lipinski definition) is 7. The maximum Gasteiger partial charge on any atom is 0.405 e. The average molecular weight is 613 g/mol. The largest absolute Gasteiger partial charge is 0.465 e. The number of nitrogens with zero attached hydrogens (tertiary/aromatic N) is 2. The molecule has 1 aliphatic rings. The van der Waals surface area contributed by atoms with Gasteiger partial charge in [0.05, 0.1) is 6.61 Å². The first-order valence-corrected chi connectivity index (χ1v) is 16.2. The maximum absolute atomic E-state index is 13.4. The van der Waals surface area contributed by atoms with Crippen molar-refractivity contribution in [1.82, 2.24) is 0 Å². The Labute approximate surface area is 241 Å². The van der Waals surface area contributed by atoms with Gasteiger partial charge in [0.15, 0.2) is 12.0 Å². The molecule has 7 nitrogen and oxygen atoms in total. The van der Waals surface area contributed by atoms with Gasteiger partial charge in [-0.15, -0.1) is 0 Å². The Morgan fingerprint density at radius 2 is 1.39 bits per heavy atom. The summed E-state index contributed by atoms with van der Waals surface area (Å²) < 4.78 is 84.2. The van der Waals surface area contributed by atoms with Gasteiger partial charge in [0, 0.05) is 60.7 Å². The van der Waals surface area contributed by atoms with Gasteiger partial charge in [-0.3, -0.25) is 0 Å². The zero-order valence-corrected chi connectivity index (χ0v) is 25.1. The Kier molecular flexibility index (Phi) is 9.47. The van der Waals surface area contributed by atoms with Gasteiger partial charge >= 0.3 is 6.18 Å². The fraction of sp³-hybridized carbons (Fsp3) is 0.379. The molecule has 0 bridgehead atoms. The van der Waals surface area contributed by atoms with Crippen molar-refractivity contribution in [3.8, 4) is 5.75 Å². The predicted octanol–water partition coefficient (Wildman–Crippen LogP) is 6.83. The molecule has 0 aromatic heterocycles. The summed E-state index contributed by atoms with van der Waals surface area (Å²) in [5.74, 6) is -1.72. The van der Waals surface area contributed by atoms with E-state index in [1.807, 2.05) is 38.0 Å². The summed E-state index contributed by atoms with van der Waals surface area (Å²) in [5.41, 5.74) is 1.66. The fourth-order valence-electron chi connectivity index (χ4n) is 4.46. The molecule has 0 amide bonds. The molecule has 0 radical (unpaired) electrons. The Morgan fingerprint density at radius 1 is 0.829 bits per heavy atom. The lowest BCUT2D eigenvalue weighted by molar-refractivity contribution is -0.107. The van der Waals surface area contributed by atoms with E-state index in [0.29, 0.717) is 33.5 Å². The van der Waals surface area contributed by atoms with Crippen LogP contribution >= 0.6 is 10.3 Å². The Balaban J connectivity index is 1.95. The normalized spacial score (nSPS) is 16.7. The first-order chi connectivity index (χ1) is 19.3.